The van der Waals surface area contributed by atoms with Crippen molar-refractivity contribution >= 4 is 20.2 Å². The smallest absolute Gasteiger partial charge is 0.123 e. The largest absolute Gasteiger partial charge is 0.400 e. The summed E-state index contributed by atoms with van der Waals surface area (Å²) in [7, 11) is 3.70. The first kappa shape index (κ1) is 34.2. The molecule has 0 bridgehead atoms. The maximum Gasteiger partial charge on any atom is 0.123 e. The van der Waals surface area contributed by atoms with Crippen LogP contribution < -0.4 is 10.2 Å². The molecule has 2 aromatic rings. The molecule has 0 aliphatic carbocycles. The predicted octanol–water partition coefficient (Wildman–Crippen LogP) is 7.86. The van der Waals surface area contributed by atoms with E-state index in [-0.39, 0.29) is 5.82 Å². The zero-order chi connectivity index (χ0) is 29.4. The SMILES string of the molecule is C=C\C=C/C(=C\C)C(/C)=C/C=C(C)C.CC1C(CCC(O)c2ccc(F)cc2)CN1c1ccc(P)cc1.CO. The van der Waals surface area contributed by atoms with Gasteiger partial charge in [0, 0.05) is 25.4 Å². The van der Waals surface area contributed by atoms with Crippen molar-refractivity contribution in [1.29, 1.82) is 0 Å². The van der Waals surface area contributed by atoms with Crippen LogP contribution in [0.4, 0.5) is 10.1 Å². The molecule has 212 valence electrons. The Morgan fingerprint density at radius 2 is 1.69 bits per heavy atom. The summed E-state index contributed by atoms with van der Waals surface area (Å²) in [6.45, 7) is 15.3. The Kier molecular flexibility index (Phi) is 16.2. The van der Waals surface area contributed by atoms with E-state index in [1.54, 1.807) is 18.2 Å². The first-order chi connectivity index (χ1) is 18.7. The van der Waals surface area contributed by atoms with E-state index < -0.39 is 6.10 Å². The fourth-order valence-corrected chi connectivity index (χ4v) is 4.46. The van der Waals surface area contributed by atoms with Crippen molar-refractivity contribution in [2.75, 3.05) is 18.6 Å². The maximum atomic E-state index is 12.9. The minimum Gasteiger partial charge on any atom is -0.400 e. The second-order valence-corrected chi connectivity index (χ2v) is 10.5. The van der Waals surface area contributed by atoms with E-state index in [0.717, 1.165) is 32.1 Å². The number of hydrogen-bond acceptors (Lipinski definition) is 3. The average molecular weight is 552 g/mol. The van der Waals surface area contributed by atoms with Gasteiger partial charge in [0.05, 0.1) is 6.10 Å². The van der Waals surface area contributed by atoms with Crippen molar-refractivity contribution in [2.45, 2.75) is 59.6 Å². The van der Waals surface area contributed by atoms with Crippen LogP contribution in [0.15, 0.2) is 108 Å². The topological polar surface area (TPSA) is 43.7 Å². The molecule has 2 aromatic carbocycles. The Balaban J connectivity index is 0.000000411. The molecule has 1 aliphatic heterocycles. The molecule has 2 N–H and O–H groups in total. The maximum absolute atomic E-state index is 12.9. The lowest BCUT2D eigenvalue weighted by atomic mass is 9.84. The summed E-state index contributed by atoms with van der Waals surface area (Å²) >= 11 is 0. The Morgan fingerprint density at radius 1 is 1.08 bits per heavy atom. The van der Waals surface area contributed by atoms with E-state index >= 15 is 0 Å². The highest BCUT2D eigenvalue weighted by molar-refractivity contribution is 7.27. The zero-order valence-corrected chi connectivity index (χ0v) is 25.6. The van der Waals surface area contributed by atoms with Gasteiger partial charge in [-0.15, -0.1) is 9.24 Å². The number of aliphatic hydroxyl groups is 2. The number of aliphatic hydroxyl groups excluding tert-OH is 2. The summed E-state index contributed by atoms with van der Waals surface area (Å²) in [6, 6.07) is 15.2. The molecule has 1 heterocycles. The third-order valence-corrected chi connectivity index (χ3v) is 7.13. The van der Waals surface area contributed by atoms with Crippen LogP contribution in [-0.4, -0.2) is 29.9 Å². The molecule has 1 saturated heterocycles. The van der Waals surface area contributed by atoms with Crippen LogP contribution in [0.1, 0.15) is 59.1 Å². The summed E-state index contributed by atoms with van der Waals surface area (Å²) in [5.41, 5.74) is 5.88. The summed E-state index contributed by atoms with van der Waals surface area (Å²) in [4.78, 5) is 2.40. The Hall–Kier alpha value is -2.78. The van der Waals surface area contributed by atoms with E-state index in [9.17, 15) is 9.50 Å². The van der Waals surface area contributed by atoms with E-state index in [1.807, 2.05) is 13.0 Å². The summed E-state index contributed by atoms with van der Waals surface area (Å²) in [5, 5.41) is 18.4. The van der Waals surface area contributed by atoms with E-state index in [2.05, 4.69) is 97.0 Å². The number of anilines is 1. The highest BCUT2D eigenvalue weighted by Gasteiger charge is 2.35. The van der Waals surface area contributed by atoms with Crippen molar-refractivity contribution < 1.29 is 14.6 Å². The van der Waals surface area contributed by atoms with Gasteiger partial charge in [0.2, 0.25) is 0 Å². The van der Waals surface area contributed by atoms with Crippen molar-refractivity contribution in [1.82, 2.24) is 0 Å². The lowest BCUT2D eigenvalue weighted by molar-refractivity contribution is 0.146. The predicted molar refractivity (Wildman–Crippen MR) is 171 cm³/mol. The van der Waals surface area contributed by atoms with Crippen molar-refractivity contribution in [3.05, 3.63) is 120 Å². The second-order valence-electron chi connectivity index (χ2n) is 9.82. The lowest BCUT2D eigenvalue weighted by Crippen LogP contribution is -2.54. The van der Waals surface area contributed by atoms with Crippen molar-refractivity contribution in [3.8, 4) is 0 Å². The molecule has 39 heavy (non-hydrogen) atoms. The van der Waals surface area contributed by atoms with E-state index in [1.165, 1.54) is 39.8 Å². The molecule has 1 fully saturated rings. The number of nitrogens with zero attached hydrogens (tertiary/aromatic N) is 1. The van der Waals surface area contributed by atoms with Crippen LogP contribution in [0.2, 0.25) is 0 Å². The number of hydrogen-bond donors (Lipinski definition) is 2. The molecule has 3 nitrogen and oxygen atoms in total. The summed E-state index contributed by atoms with van der Waals surface area (Å²) in [6.07, 6.45) is 13.4. The van der Waals surface area contributed by atoms with Gasteiger partial charge in [0.1, 0.15) is 5.82 Å². The fourth-order valence-electron chi connectivity index (χ4n) is 4.27. The third kappa shape index (κ3) is 11.9. The zero-order valence-electron chi connectivity index (χ0n) is 24.4. The molecule has 5 heteroatoms. The molecule has 0 saturated carbocycles. The minimum atomic E-state index is -0.506. The first-order valence-electron chi connectivity index (χ1n) is 13.4. The number of rotatable bonds is 9. The van der Waals surface area contributed by atoms with Gasteiger partial charge < -0.3 is 15.1 Å². The monoisotopic (exact) mass is 551 g/mol. The fraction of sp³-hybridized carbons (Fsp3) is 0.353. The molecule has 0 aromatic heterocycles. The summed E-state index contributed by atoms with van der Waals surface area (Å²) in [5.74, 6) is 0.335. The standard InChI is InChI=1S/C19H23FNOP.C14H20.CH4O/c1-13-15(12-21(13)17-7-9-18(23)10-8-17)4-11-19(22)14-2-5-16(20)6-3-14;1-6-8-9-14(7-2)13(5)11-10-12(3)4;1-2/h2-3,5-10,13,15,19,22H,4,11-12,23H2,1H3;6-11H,1H2,2-5H3;2H,1H3/b;9-8-,13-11+,14-7+;. The van der Waals surface area contributed by atoms with Crippen LogP contribution in [0.25, 0.3) is 0 Å². The Morgan fingerprint density at radius 3 is 2.21 bits per heavy atom. The molecular weight excluding hydrogens is 504 g/mol. The quantitative estimate of drug-likeness (QED) is 0.246. The highest BCUT2D eigenvalue weighted by atomic mass is 31.0. The van der Waals surface area contributed by atoms with Gasteiger partial charge in [0.25, 0.3) is 0 Å². The normalized spacial score (nSPS) is 17.7. The third-order valence-electron chi connectivity index (χ3n) is 6.74. The molecule has 4 atom stereocenters. The Bertz CT molecular complexity index is 1110. The van der Waals surface area contributed by atoms with Gasteiger partial charge in [-0.2, -0.15) is 0 Å². The van der Waals surface area contributed by atoms with Crippen molar-refractivity contribution in [3.63, 3.8) is 0 Å². The number of benzene rings is 2. The van der Waals surface area contributed by atoms with E-state index in [0.29, 0.717) is 12.0 Å². The van der Waals surface area contributed by atoms with E-state index in [4.69, 9.17) is 5.11 Å². The number of allylic oxidation sites excluding steroid dienone is 9. The van der Waals surface area contributed by atoms with Crippen LogP contribution in [0.5, 0.6) is 0 Å². The van der Waals surface area contributed by atoms with Gasteiger partial charge in [-0.3, -0.25) is 0 Å². The van der Waals surface area contributed by atoms with Crippen LogP contribution in [0.3, 0.4) is 0 Å². The molecular formula is C34H47FNO2P. The molecule has 4 unspecified atom stereocenters. The Labute approximate surface area is 238 Å². The summed E-state index contributed by atoms with van der Waals surface area (Å²) < 4.78 is 12.9. The van der Waals surface area contributed by atoms with Gasteiger partial charge in [0.15, 0.2) is 0 Å². The van der Waals surface area contributed by atoms with Gasteiger partial charge in [-0.25, -0.2) is 4.39 Å². The molecule has 0 radical (unpaired) electrons. The molecule has 0 spiro atoms. The van der Waals surface area contributed by atoms with Crippen molar-refractivity contribution in [2.24, 2.45) is 5.92 Å². The first-order valence-corrected chi connectivity index (χ1v) is 14.0. The molecule has 0 amide bonds. The highest BCUT2D eigenvalue weighted by Crippen LogP contribution is 2.35. The van der Waals surface area contributed by atoms with Crippen LogP contribution in [0, 0.1) is 11.7 Å². The lowest BCUT2D eigenvalue weighted by Gasteiger charge is -2.48. The minimum absolute atomic E-state index is 0.263. The molecule has 1 aliphatic rings. The van der Waals surface area contributed by atoms with Gasteiger partial charge >= 0.3 is 0 Å². The van der Waals surface area contributed by atoms with Crippen LogP contribution in [-0.2, 0) is 0 Å². The molecule has 3 rings (SSSR count). The van der Waals surface area contributed by atoms with Gasteiger partial charge in [-0.05, 0) is 99.7 Å². The van der Waals surface area contributed by atoms with Crippen LogP contribution >= 0.6 is 9.24 Å². The average Bonchev–Trinajstić information content (AvgIpc) is 2.94. The van der Waals surface area contributed by atoms with Gasteiger partial charge in [-0.1, -0.05) is 72.9 Å². The number of halogens is 1. The second kappa shape index (κ2) is 18.5.